The molecule has 0 aliphatic heterocycles. The number of halogens is 2. The summed E-state index contributed by atoms with van der Waals surface area (Å²) in [6, 6.07) is 4.96. The van der Waals surface area contributed by atoms with Crippen LogP contribution in [0.3, 0.4) is 0 Å². The molecule has 1 aromatic rings. The highest BCUT2D eigenvalue weighted by molar-refractivity contribution is 6.31. The van der Waals surface area contributed by atoms with E-state index in [1.165, 1.54) is 6.07 Å². The van der Waals surface area contributed by atoms with Crippen molar-refractivity contribution in [1.29, 1.82) is 0 Å². The summed E-state index contributed by atoms with van der Waals surface area (Å²) in [5, 5.41) is 3.92. The van der Waals surface area contributed by atoms with E-state index in [1.54, 1.807) is 12.1 Å². The van der Waals surface area contributed by atoms with Crippen LogP contribution >= 0.6 is 11.6 Å². The van der Waals surface area contributed by atoms with E-state index in [-0.39, 0.29) is 5.82 Å². The molecule has 0 saturated carbocycles. The first-order valence-corrected chi connectivity index (χ1v) is 6.44. The fourth-order valence-electron chi connectivity index (χ4n) is 2.16. The summed E-state index contributed by atoms with van der Waals surface area (Å²) in [7, 11) is 1.95. The van der Waals surface area contributed by atoms with E-state index < -0.39 is 0 Å². The van der Waals surface area contributed by atoms with E-state index in [4.69, 9.17) is 11.6 Å². The van der Waals surface area contributed by atoms with Crippen molar-refractivity contribution < 1.29 is 4.39 Å². The van der Waals surface area contributed by atoms with E-state index in [9.17, 15) is 4.39 Å². The zero-order valence-electron chi connectivity index (χ0n) is 10.9. The van der Waals surface area contributed by atoms with Gasteiger partial charge >= 0.3 is 0 Å². The lowest BCUT2D eigenvalue weighted by Gasteiger charge is -2.27. The van der Waals surface area contributed by atoms with Gasteiger partial charge in [-0.15, -0.1) is 0 Å². The Morgan fingerprint density at radius 3 is 2.47 bits per heavy atom. The summed E-state index contributed by atoms with van der Waals surface area (Å²) in [5.41, 5.74) is 0.896. The Labute approximate surface area is 108 Å². The van der Waals surface area contributed by atoms with Crippen LogP contribution in [0.15, 0.2) is 18.2 Å². The highest BCUT2D eigenvalue weighted by Crippen LogP contribution is 2.25. The molecule has 0 heterocycles. The Balaban J connectivity index is 2.89. The minimum absolute atomic E-state index is 0.219. The molecule has 0 aliphatic rings. The van der Waals surface area contributed by atoms with Gasteiger partial charge in [0.2, 0.25) is 0 Å². The predicted octanol–water partition coefficient (Wildman–Crippen LogP) is 3.90. The summed E-state index contributed by atoms with van der Waals surface area (Å²) in [5.74, 6) is 0.750. The first-order valence-electron chi connectivity index (χ1n) is 6.07. The molecule has 0 saturated heterocycles. The summed E-state index contributed by atoms with van der Waals surface area (Å²) < 4.78 is 13.2. The van der Waals surface area contributed by atoms with Crippen LogP contribution in [0.5, 0.6) is 0 Å². The first-order chi connectivity index (χ1) is 7.95. The molecule has 1 N–H and O–H groups in total. The normalized spacial score (nSPS) is 15.0. The molecule has 0 amide bonds. The molecule has 0 spiro atoms. The zero-order chi connectivity index (χ0) is 13.0. The molecule has 0 bridgehead atoms. The summed E-state index contributed by atoms with van der Waals surface area (Å²) >= 11 is 6.11. The van der Waals surface area contributed by atoms with Crippen LogP contribution in [0.2, 0.25) is 5.02 Å². The van der Waals surface area contributed by atoms with Crippen LogP contribution in [-0.2, 0) is 6.42 Å². The Kier molecular flexibility index (Phi) is 5.41. The van der Waals surface area contributed by atoms with Gasteiger partial charge in [0.15, 0.2) is 0 Å². The molecule has 1 nitrogen and oxygen atoms in total. The van der Waals surface area contributed by atoms with Gasteiger partial charge in [-0.25, -0.2) is 4.39 Å². The van der Waals surface area contributed by atoms with Crippen LogP contribution in [-0.4, -0.2) is 13.1 Å². The number of hydrogen-bond donors (Lipinski definition) is 1. The molecule has 96 valence electrons. The van der Waals surface area contributed by atoms with Crippen molar-refractivity contribution in [1.82, 2.24) is 5.32 Å². The van der Waals surface area contributed by atoms with Gasteiger partial charge in [0.25, 0.3) is 0 Å². The average Bonchev–Trinajstić information content (AvgIpc) is 2.28. The van der Waals surface area contributed by atoms with E-state index >= 15 is 0 Å². The third-order valence-electron chi connectivity index (χ3n) is 3.42. The Morgan fingerprint density at radius 1 is 1.29 bits per heavy atom. The molecule has 1 rings (SSSR count). The minimum atomic E-state index is -0.219. The van der Waals surface area contributed by atoms with Crippen molar-refractivity contribution in [2.75, 3.05) is 7.05 Å². The molecule has 3 heteroatoms. The highest BCUT2D eigenvalue weighted by atomic mass is 35.5. The Bertz CT molecular complexity index is 365. The molecule has 1 aromatic carbocycles. The van der Waals surface area contributed by atoms with Gasteiger partial charge in [-0.2, -0.15) is 0 Å². The Morgan fingerprint density at radius 2 is 1.94 bits per heavy atom. The van der Waals surface area contributed by atoms with Crippen LogP contribution < -0.4 is 5.32 Å². The van der Waals surface area contributed by atoms with Gasteiger partial charge < -0.3 is 5.32 Å². The third kappa shape index (κ3) is 3.97. The summed E-state index contributed by atoms with van der Waals surface area (Å²) in [6.07, 6.45) is 0.802. The van der Waals surface area contributed by atoms with Crippen molar-refractivity contribution in [3.63, 3.8) is 0 Å². The third-order valence-corrected chi connectivity index (χ3v) is 3.79. The summed E-state index contributed by atoms with van der Waals surface area (Å²) in [4.78, 5) is 0. The molecule has 0 aliphatic carbocycles. The number of benzene rings is 1. The fourth-order valence-corrected chi connectivity index (χ4v) is 2.35. The largest absolute Gasteiger partial charge is 0.317 e. The first kappa shape index (κ1) is 14.5. The summed E-state index contributed by atoms with van der Waals surface area (Å²) in [6.45, 7) is 6.52. The van der Waals surface area contributed by atoms with Crippen LogP contribution in [0, 0.1) is 17.7 Å². The van der Waals surface area contributed by atoms with Crippen LogP contribution in [0.1, 0.15) is 26.3 Å². The van der Waals surface area contributed by atoms with E-state index in [0.717, 1.165) is 12.0 Å². The molecule has 0 aromatic heterocycles. The van der Waals surface area contributed by atoms with Crippen LogP contribution in [0.25, 0.3) is 0 Å². The van der Waals surface area contributed by atoms with Crippen molar-refractivity contribution in [3.8, 4) is 0 Å². The standard InChI is InChI=1S/C14H21ClFN/c1-9(2)13(10(3)17-4)8-11-7-12(16)5-6-14(11)15/h5-7,9-10,13,17H,8H2,1-4H3. The molecule has 0 fully saturated rings. The van der Waals surface area contributed by atoms with E-state index in [2.05, 4.69) is 26.1 Å². The van der Waals surface area contributed by atoms with Crippen molar-refractivity contribution in [2.45, 2.75) is 33.2 Å². The second-order valence-corrected chi connectivity index (χ2v) is 5.33. The molecule has 17 heavy (non-hydrogen) atoms. The van der Waals surface area contributed by atoms with Gasteiger partial charge in [0.1, 0.15) is 5.82 Å². The van der Waals surface area contributed by atoms with E-state index in [1.807, 2.05) is 7.05 Å². The molecular weight excluding hydrogens is 237 g/mol. The maximum atomic E-state index is 13.2. The number of rotatable bonds is 5. The van der Waals surface area contributed by atoms with Crippen molar-refractivity contribution in [3.05, 3.63) is 34.6 Å². The number of hydrogen-bond acceptors (Lipinski definition) is 1. The Hall–Kier alpha value is -0.600. The smallest absolute Gasteiger partial charge is 0.123 e. The lowest BCUT2D eigenvalue weighted by Crippen LogP contribution is -2.35. The molecule has 2 unspecified atom stereocenters. The maximum absolute atomic E-state index is 13.2. The zero-order valence-corrected chi connectivity index (χ0v) is 11.7. The molecule has 0 radical (unpaired) electrons. The second kappa shape index (κ2) is 6.36. The topological polar surface area (TPSA) is 12.0 Å². The monoisotopic (exact) mass is 257 g/mol. The SMILES string of the molecule is CNC(C)C(Cc1cc(F)ccc1Cl)C(C)C. The second-order valence-electron chi connectivity index (χ2n) is 4.93. The average molecular weight is 258 g/mol. The number of nitrogens with one attached hydrogen (secondary N) is 1. The van der Waals surface area contributed by atoms with Crippen molar-refractivity contribution in [2.24, 2.45) is 11.8 Å². The van der Waals surface area contributed by atoms with Gasteiger partial charge in [0, 0.05) is 11.1 Å². The fraction of sp³-hybridized carbons (Fsp3) is 0.571. The van der Waals surface area contributed by atoms with Gasteiger partial charge in [0.05, 0.1) is 0 Å². The van der Waals surface area contributed by atoms with Crippen molar-refractivity contribution >= 4 is 11.6 Å². The lowest BCUT2D eigenvalue weighted by molar-refractivity contribution is 0.300. The highest BCUT2D eigenvalue weighted by Gasteiger charge is 2.21. The van der Waals surface area contributed by atoms with Crippen LogP contribution in [0.4, 0.5) is 4.39 Å². The molecular formula is C14H21ClFN. The minimum Gasteiger partial charge on any atom is -0.317 e. The van der Waals surface area contributed by atoms with Gasteiger partial charge in [-0.05, 0) is 56.0 Å². The van der Waals surface area contributed by atoms with E-state index in [0.29, 0.717) is 22.9 Å². The molecule has 2 atom stereocenters. The predicted molar refractivity (Wildman–Crippen MR) is 72.0 cm³/mol. The van der Waals surface area contributed by atoms with Gasteiger partial charge in [-0.3, -0.25) is 0 Å². The lowest BCUT2D eigenvalue weighted by atomic mass is 9.84. The maximum Gasteiger partial charge on any atom is 0.123 e. The van der Waals surface area contributed by atoms with Gasteiger partial charge in [-0.1, -0.05) is 25.4 Å². The quantitative estimate of drug-likeness (QED) is 0.844.